The van der Waals surface area contributed by atoms with Crippen molar-refractivity contribution in [2.45, 2.75) is 13.3 Å². The number of hydrogen-bond acceptors (Lipinski definition) is 0. The summed E-state index contributed by atoms with van der Waals surface area (Å²) in [5.41, 5.74) is 2.26. The van der Waals surface area contributed by atoms with Crippen molar-refractivity contribution in [2.24, 2.45) is 0 Å². The highest BCUT2D eigenvalue weighted by Crippen LogP contribution is 2.13. The molecule has 1 heteroatoms. The Kier molecular flexibility index (Phi) is 2.06. The fourth-order valence-corrected chi connectivity index (χ4v) is 1.32. The quantitative estimate of drug-likeness (QED) is 0.583. The Morgan fingerprint density at radius 2 is 2.23 bits per heavy atom. The van der Waals surface area contributed by atoms with E-state index in [1.54, 1.807) is 0 Å². The Bertz CT molecular complexity index is 468. The van der Waals surface area contributed by atoms with Gasteiger partial charge in [0.05, 0.1) is 0 Å². The molecule has 1 aromatic heterocycles. The van der Waals surface area contributed by atoms with Gasteiger partial charge in [0.15, 0.2) is 0 Å². The number of fused-ring (bicyclic) bond motifs is 1. The van der Waals surface area contributed by atoms with E-state index in [-0.39, 0.29) is 0 Å². The van der Waals surface area contributed by atoms with Crippen molar-refractivity contribution in [3.05, 3.63) is 36.0 Å². The predicted octanol–water partition coefficient (Wildman–Crippen LogP) is 2.93. The van der Waals surface area contributed by atoms with Gasteiger partial charge in [-0.25, -0.2) is 0 Å². The highest BCUT2D eigenvalue weighted by molar-refractivity contribution is 5.80. The number of aromatic nitrogens is 1. The van der Waals surface area contributed by atoms with Crippen molar-refractivity contribution >= 4 is 10.9 Å². The number of H-pyrrole nitrogens is 1. The highest BCUT2D eigenvalue weighted by Gasteiger charge is 1.93. The standard InChI is InChI=1S/C12H11N/c1-2-3-4-10-5-6-12-11(9-10)7-8-13-12/h5-9,13H,2H2,1H3. The first-order valence-corrected chi connectivity index (χ1v) is 4.46. The molecule has 13 heavy (non-hydrogen) atoms. The first-order valence-electron chi connectivity index (χ1n) is 4.46. The van der Waals surface area contributed by atoms with Crippen molar-refractivity contribution in [1.29, 1.82) is 0 Å². The van der Waals surface area contributed by atoms with Gasteiger partial charge in [-0.1, -0.05) is 18.8 Å². The third-order valence-corrected chi connectivity index (χ3v) is 1.96. The molecule has 1 aromatic carbocycles. The van der Waals surface area contributed by atoms with Gasteiger partial charge in [0.25, 0.3) is 0 Å². The van der Waals surface area contributed by atoms with Crippen LogP contribution in [0.2, 0.25) is 0 Å². The van der Waals surface area contributed by atoms with Crippen LogP contribution in [0.5, 0.6) is 0 Å². The summed E-state index contributed by atoms with van der Waals surface area (Å²) in [6.45, 7) is 2.06. The van der Waals surface area contributed by atoms with E-state index in [2.05, 4.69) is 41.9 Å². The average molecular weight is 169 g/mol. The topological polar surface area (TPSA) is 15.8 Å². The molecule has 0 saturated carbocycles. The maximum Gasteiger partial charge on any atom is 0.0454 e. The maximum absolute atomic E-state index is 3.15. The van der Waals surface area contributed by atoms with E-state index in [1.165, 1.54) is 10.9 Å². The van der Waals surface area contributed by atoms with Gasteiger partial charge in [-0.15, -0.1) is 0 Å². The minimum absolute atomic E-state index is 0.908. The molecule has 0 saturated heterocycles. The van der Waals surface area contributed by atoms with Crippen LogP contribution in [-0.4, -0.2) is 4.98 Å². The van der Waals surface area contributed by atoms with E-state index in [0.29, 0.717) is 0 Å². The molecule has 2 aromatic rings. The van der Waals surface area contributed by atoms with Crippen LogP contribution in [0.3, 0.4) is 0 Å². The van der Waals surface area contributed by atoms with Crippen molar-refractivity contribution in [3.8, 4) is 11.8 Å². The normalized spacial score (nSPS) is 9.62. The van der Waals surface area contributed by atoms with Gasteiger partial charge in [0.1, 0.15) is 0 Å². The minimum atomic E-state index is 0.908. The molecule has 0 bridgehead atoms. The van der Waals surface area contributed by atoms with E-state index in [4.69, 9.17) is 0 Å². The highest BCUT2D eigenvalue weighted by atomic mass is 14.7. The van der Waals surface area contributed by atoms with Crippen molar-refractivity contribution in [1.82, 2.24) is 4.98 Å². The summed E-state index contributed by atoms with van der Waals surface area (Å²) in [5, 5.41) is 1.22. The smallest absolute Gasteiger partial charge is 0.0454 e. The van der Waals surface area contributed by atoms with E-state index in [0.717, 1.165) is 12.0 Å². The molecule has 0 fully saturated rings. The summed E-state index contributed by atoms with van der Waals surface area (Å²) in [6, 6.07) is 8.28. The van der Waals surface area contributed by atoms with Crippen LogP contribution in [0.4, 0.5) is 0 Å². The molecule has 0 atom stereocenters. The SMILES string of the molecule is CCC#Cc1ccc2[nH]ccc2c1. The zero-order valence-electron chi connectivity index (χ0n) is 7.59. The summed E-state index contributed by atoms with van der Waals surface area (Å²) in [7, 11) is 0. The second-order valence-corrected chi connectivity index (χ2v) is 2.94. The Hall–Kier alpha value is -1.68. The lowest BCUT2D eigenvalue weighted by Gasteiger charge is -1.90. The second-order valence-electron chi connectivity index (χ2n) is 2.94. The molecule has 0 unspecified atom stereocenters. The molecule has 1 N–H and O–H groups in total. The van der Waals surface area contributed by atoms with E-state index >= 15 is 0 Å². The van der Waals surface area contributed by atoms with Gasteiger partial charge in [-0.2, -0.15) is 0 Å². The van der Waals surface area contributed by atoms with Crippen molar-refractivity contribution in [2.75, 3.05) is 0 Å². The van der Waals surface area contributed by atoms with Gasteiger partial charge in [-0.3, -0.25) is 0 Å². The molecular weight excluding hydrogens is 158 g/mol. The molecule has 0 spiro atoms. The molecule has 1 nitrogen and oxygen atoms in total. The van der Waals surface area contributed by atoms with Crippen molar-refractivity contribution < 1.29 is 0 Å². The number of hydrogen-bond donors (Lipinski definition) is 1. The lowest BCUT2D eigenvalue weighted by Crippen LogP contribution is -1.73. The van der Waals surface area contributed by atoms with Gasteiger partial charge in [0, 0.05) is 29.1 Å². The van der Waals surface area contributed by atoms with Crippen LogP contribution in [0.25, 0.3) is 10.9 Å². The zero-order chi connectivity index (χ0) is 9.10. The largest absolute Gasteiger partial charge is 0.361 e. The maximum atomic E-state index is 3.15. The van der Waals surface area contributed by atoms with Gasteiger partial charge in [0.2, 0.25) is 0 Å². The Labute approximate surface area is 77.8 Å². The first kappa shape index (κ1) is 7.94. The molecule has 0 radical (unpaired) electrons. The fraction of sp³-hybridized carbons (Fsp3) is 0.167. The third kappa shape index (κ3) is 1.57. The molecule has 0 aliphatic rings. The van der Waals surface area contributed by atoms with Crippen LogP contribution in [0.1, 0.15) is 18.9 Å². The molecule has 64 valence electrons. The second kappa shape index (κ2) is 3.37. The number of aromatic amines is 1. The van der Waals surface area contributed by atoms with Crippen LogP contribution in [-0.2, 0) is 0 Å². The van der Waals surface area contributed by atoms with Gasteiger partial charge < -0.3 is 4.98 Å². The van der Waals surface area contributed by atoms with Crippen LogP contribution >= 0.6 is 0 Å². The van der Waals surface area contributed by atoms with Crippen LogP contribution in [0.15, 0.2) is 30.5 Å². The van der Waals surface area contributed by atoms with Crippen LogP contribution < -0.4 is 0 Å². The zero-order valence-corrected chi connectivity index (χ0v) is 7.59. The molecular formula is C12H11N. The fourth-order valence-electron chi connectivity index (χ4n) is 1.32. The van der Waals surface area contributed by atoms with E-state index in [1.807, 2.05) is 12.3 Å². The summed E-state index contributed by atoms with van der Waals surface area (Å²) in [4.78, 5) is 3.15. The molecule has 0 aliphatic heterocycles. The molecule has 0 amide bonds. The Balaban J connectivity index is 2.48. The lowest BCUT2D eigenvalue weighted by atomic mass is 10.1. The van der Waals surface area contributed by atoms with E-state index in [9.17, 15) is 0 Å². The van der Waals surface area contributed by atoms with Crippen LogP contribution in [0, 0.1) is 11.8 Å². The van der Waals surface area contributed by atoms with Crippen molar-refractivity contribution in [3.63, 3.8) is 0 Å². The van der Waals surface area contributed by atoms with Gasteiger partial charge >= 0.3 is 0 Å². The molecule has 1 heterocycles. The minimum Gasteiger partial charge on any atom is -0.361 e. The predicted molar refractivity (Wildman–Crippen MR) is 55.5 cm³/mol. The molecule has 0 aliphatic carbocycles. The average Bonchev–Trinajstić information content (AvgIpc) is 2.61. The monoisotopic (exact) mass is 169 g/mol. The Morgan fingerprint density at radius 1 is 1.31 bits per heavy atom. The number of benzene rings is 1. The van der Waals surface area contributed by atoms with E-state index < -0.39 is 0 Å². The summed E-state index contributed by atoms with van der Waals surface area (Å²) < 4.78 is 0. The Morgan fingerprint density at radius 3 is 3.08 bits per heavy atom. The number of rotatable bonds is 0. The lowest BCUT2D eigenvalue weighted by molar-refractivity contribution is 1.28. The molecule has 2 rings (SSSR count). The third-order valence-electron chi connectivity index (χ3n) is 1.96. The summed E-state index contributed by atoms with van der Waals surface area (Å²) in [6.07, 6.45) is 2.85. The summed E-state index contributed by atoms with van der Waals surface area (Å²) >= 11 is 0. The first-order chi connectivity index (χ1) is 6.40. The van der Waals surface area contributed by atoms with Gasteiger partial charge in [-0.05, 0) is 24.3 Å². The number of nitrogens with one attached hydrogen (secondary N) is 1. The summed E-state index contributed by atoms with van der Waals surface area (Å²) in [5.74, 6) is 6.17.